The van der Waals surface area contributed by atoms with Crippen LogP contribution in [0.4, 0.5) is 26.3 Å². The minimum atomic E-state index is -4.98. The van der Waals surface area contributed by atoms with E-state index in [1.807, 2.05) is 25.1 Å². The molecule has 2 aromatic carbocycles. The highest BCUT2D eigenvalue weighted by atomic mass is 19.4. The molecule has 1 fully saturated rings. The second kappa shape index (κ2) is 11.2. The largest absolute Gasteiger partial charge is 0.466 e. The minimum Gasteiger partial charge on any atom is -0.466 e. The zero-order valence-electron chi connectivity index (χ0n) is 20.5. The van der Waals surface area contributed by atoms with Crippen molar-refractivity contribution in [3.05, 3.63) is 70.3 Å². The number of alkyl halides is 6. The van der Waals surface area contributed by atoms with E-state index in [1.165, 1.54) is 13.8 Å². The number of rotatable bonds is 7. The molecule has 0 radical (unpaired) electrons. The molecule has 0 aromatic heterocycles. The molecule has 1 aliphatic carbocycles. The molecule has 0 amide bonds. The summed E-state index contributed by atoms with van der Waals surface area (Å²) in [7, 11) is 0. The Labute approximate surface area is 211 Å². The van der Waals surface area contributed by atoms with E-state index >= 15 is 0 Å². The van der Waals surface area contributed by atoms with Gasteiger partial charge in [-0.1, -0.05) is 24.3 Å². The Morgan fingerprint density at radius 3 is 2.14 bits per heavy atom. The maximum Gasteiger partial charge on any atom is 0.416 e. The number of carbonyl (C=O) groups excluding carboxylic acids is 2. The van der Waals surface area contributed by atoms with Crippen LogP contribution in [0.5, 0.6) is 0 Å². The lowest BCUT2D eigenvalue weighted by atomic mass is 9.67. The van der Waals surface area contributed by atoms with Crippen LogP contribution in [-0.2, 0) is 31.4 Å². The van der Waals surface area contributed by atoms with Gasteiger partial charge in [-0.25, -0.2) is 0 Å². The molecule has 0 unspecified atom stereocenters. The van der Waals surface area contributed by atoms with Gasteiger partial charge in [0.15, 0.2) is 0 Å². The Hall–Kier alpha value is -2.88. The van der Waals surface area contributed by atoms with Gasteiger partial charge in [-0.2, -0.15) is 26.3 Å². The van der Waals surface area contributed by atoms with Crippen LogP contribution in [0.25, 0.3) is 0 Å². The van der Waals surface area contributed by atoms with Crippen molar-refractivity contribution in [1.82, 2.24) is 0 Å². The Morgan fingerprint density at radius 1 is 1.03 bits per heavy atom. The fraction of sp³-hybridized carbons (Fsp3) is 0.481. The van der Waals surface area contributed by atoms with Gasteiger partial charge in [-0.05, 0) is 61.6 Å². The summed E-state index contributed by atoms with van der Waals surface area (Å²) in [5.41, 5.74) is -1.47. The van der Waals surface area contributed by atoms with Gasteiger partial charge in [0.1, 0.15) is 6.29 Å². The number of halogens is 6. The second-order valence-corrected chi connectivity index (χ2v) is 9.39. The fourth-order valence-electron chi connectivity index (χ4n) is 4.98. The molecular formula is C27H28F6O4. The smallest absolute Gasteiger partial charge is 0.416 e. The zero-order chi connectivity index (χ0) is 27.5. The molecule has 1 saturated carbocycles. The standard InChI is InChI=1S/C27H28F6O4/c1-15-6-4-5-7-22(15)25-23(13-34)18(14-36-17(3)35)8-9-24(25)37-16(2)19-10-20(26(28,29)30)12-21(11-19)27(31,32)33/h4-7,10-13,16,18,23-25H,8-9,14H2,1-3H3/t16-,18-,23-,24+,25+/m1/s1. The van der Waals surface area contributed by atoms with Crippen molar-refractivity contribution in [2.24, 2.45) is 11.8 Å². The molecule has 0 saturated heterocycles. The second-order valence-electron chi connectivity index (χ2n) is 9.39. The predicted octanol–water partition coefficient (Wildman–Crippen LogP) is 7.05. The first-order valence-electron chi connectivity index (χ1n) is 11.8. The minimum absolute atomic E-state index is 0.0198. The molecule has 5 atom stereocenters. The fourth-order valence-corrected chi connectivity index (χ4v) is 4.98. The molecule has 2 aromatic rings. The van der Waals surface area contributed by atoms with Crippen LogP contribution in [0.15, 0.2) is 42.5 Å². The topological polar surface area (TPSA) is 52.6 Å². The van der Waals surface area contributed by atoms with Crippen LogP contribution in [0.1, 0.15) is 66.5 Å². The molecule has 4 nitrogen and oxygen atoms in total. The average Bonchev–Trinajstić information content (AvgIpc) is 2.81. The summed E-state index contributed by atoms with van der Waals surface area (Å²) in [6.07, 6.45) is -10.2. The molecule has 3 rings (SSSR count). The SMILES string of the molecule is CC(=O)OC[C@H]1CC[C@H](O[C@H](C)c2cc(C(F)(F)F)cc(C(F)(F)F)c2)[C@@H](c2ccccc2C)[C@@H]1C=O. The first kappa shape index (κ1) is 28.7. The third kappa shape index (κ3) is 6.91. The van der Waals surface area contributed by atoms with E-state index in [9.17, 15) is 35.9 Å². The van der Waals surface area contributed by atoms with Crippen molar-refractivity contribution < 1.29 is 45.4 Å². The molecule has 0 bridgehead atoms. The van der Waals surface area contributed by atoms with Crippen molar-refractivity contribution in [3.63, 3.8) is 0 Å². The van der Waals surface area contributed by atoms with Gasteiger partial charge in [0.05, 0.1) is 29.9 Å². The van der Waals surface area contributed by atoms with Crippen LogP contribution >= 0.6 is 0 Å². The van der Waals surface area contributed by atoms with Gasteiger partial charge in [-0.15, -0.1) is 0 Å². The third-order valence-corrected chi connectivity index (χ3v) is 6.85. The van der Waals surface area contributed by atoms with Crippen LogP contribution in [0.2, 0.25) is 0 Å². The van der Waals surface area contributed by atoms with E-state index in [0.29, 0.717) is 25.0 Å². The lowest BCUT2D eigenvalue weighted by Crippen LogP contribution is -2.41. The predicted molar refractivity (Wildman–Crippen MR) is 123 cm³/mol. The highest BCUT2D eigenvalue weighted by Crippen LogP contribution is 2.45. The Bertz CT molecular complexity index is 1080. The normalized spacial score (nSPS) is 23.4. The van der Waals surface area contributed by atoms with Crippen LogP contribution in [-0.4, -0.2) is 25.0 Å². The molecule has 0 heterocycles. The van der Waals surface area contributed by atoms with E-state index in [1.54, 1.807) is 6.07 Å². The highest BCUT2D eigenvalue weighted by molar-refractivity contribution is 5.66. The van der Waals surface area contributed by atoms with Gasteiger partial charge in [0.25, 0.3) is 0 Å². The van der Waals surface area contributed by atoms with Crippen molar-refractivity contribution in [2.45, 2.75) is 64.1 Å². The number of hydrogen-bond acceptors (Lipinski definition) is 4. The average molecular weight is 531 g/mol. The zero-order valence-corrected chi connectivity index (χ0v) is 20.5. The summed E-state index contributed by atoms with van der Waals surface area (Å²) in [6, 6.07) is 8.65. The van der Waals surface area contributed by atoms with E-state index < -0.39 is 53.5 Å². The molecule has 0 spiro atoms. The first-order valence-corrected chi connectivity index (χ1v) is 11.8. The molecule has 0 N–H and O–H groups in total. The number of benzene rings is 2. The summed E-state index contributed by atoms with van der Waals surface area (Å²) in [5, 5.41) is 0. The number of esters is 1. The van der Waals surface area contributed by atoms with Crippen molar-refractivity contribution in [3.8, 4) is 0 Å². The maximum atomic E-state index is 13.4. The molecule has 10 heteroatoms. The van der Waals surface area contributed by atoms with E-state index in [4.69, 9.17) is 9.47 Å². The molecular weight excluding hydrogens is 502 g/mol. The maximum absolute atomic E-state index is 13.4. The molecule has 202 valence electrons. The number of ether oxygens (including phenoxy) is 2. The highest BCUT2D eigenvalue weighted by Gasteiger charge is 2.43. The monoisotopic (exact) mass is 530 g/mol. The van der Waals surface area contributed by atoms with Crippen LogP contribution in [0, 0.1) is 18.8 Å². The molecule has 0 aliphatic heterocycles. The van der Waals surface area contributed by atoms with Gasteiger partial charge in [-0.3, -0.25) is 4.79 Å². The number of aldehydes is 1. The van der Waals surface area contributed by atoms with Crippen molar-refractivity contribution >= 4 is 12.3 Å². The Balaban J connectivity index is 1.98. The summed E-state index contributed by atoms with van der Waals surface area (Å²) >= 11 is 0. The van der Waals surface area contributed by atoms with E-state index in [2.05, 4.69) is 0 Å². The first-order chi connectivity index (χ1) is 17.2. The summed E-state index contributed by atoms with van der Waals surface area (Å²) in [6.45, 7) is 4.52. The van der Waals surface area contributed by atoms with Crippen molar-refractivity contribution in [2.75, 3.05) is 6.61 Å². The lowest BCUT2D eigenvalue weighted by Gasteiger charge is -2.42. The van der Waals surface area contributed by atoms with Crippen LogP contribution < -0.4 is 0 Å². The Morgan fingerprint density at radius 2 is 1.62 bits per heavy atom. The van der Waals surface area contributed by atoms with E-state index in [0.717, 1.165) is 17.4 Å². The molecule has 37 heavy (non-hydrogen) atoms. The van der Waals surface area contributed by atoms with Gasteiger partial charge >= 0.3 is 18.3 Å². The third-order valence-electron chi connectivity index (χ3n) is 6.85. The summed E-state index contributed by atoms with van der Waals surface area (Å²) in [5.74, 6) is -1.98. The van der Waals surface area contributed by atoms with Gasteiger partial charge < -0.3 is 14.3 Å². The quantitative estimate of drug-likeness (QED) is 0.219. The lowest BCUT2D eigenvalue weighted by molar-refractivity contribution is -0.146. The van der Waals surface area contributed by atoms with Gasteiger partial charge in [0, 0.05) is 24.7 Å². The summed E-state index contributed by atoms with van der Waals surface area (Å²) in [4.78, 5) is 23.6. The Kier molecular flexibility index (Phi) is 8.72. The van der Waals surface area contributed by atoms with Gasteiger partial charge in [0.2, 0.25) is 0 Å². The van der Waals surface area contributed by atoms with Crippen molar-refractivity contribution in [1.29, 1.82) is 0 Å². The summed E-state index contributed by atoms with van der Waals surface area (Å²) < 4.78 is 91.5. The van der Waals surface area contributed by atoms with Crippen LogP contribution in [0.3, 0.4) is 0 Å². The number of hydrogen-bond donors (Lipinski definition) is 0. The number of aryl methyl sites for hydroxylation is 1. The number of carbonyl (C=O) groups is 2. The van der Waals surface area contributed by atoms with E-state index in [-0.39, 0.29) is 24.2 Å². The molecule has 1 aliphatic rings.